The quantitative estimate of drug-likeness (QED) is 0.460. The number of hydrogen-bond acceptors (Lipinski definition) is 4. The van der Waals surface area contributed by atoms with Crippen molar-refractivity contribution in [2.75, 3.05) is 13.1 Å². The first-order valence-corrected chi connectivity index (χ1v) is 14.2. The molecule has 1 aromatic heterocycles. The highest BCUT2D eigenvalue weighted by atomic mass is 32.2. The van der Waals surface area contributed by atoms with Gasteiger partial charge in [0.1, 0.15) is 5.82 Å². The Morgan fingerprint density at radius 3 is 2.37 bits per heavy atom. The fourth-order valence-electron chi connectivity index (χ4n) is 5.28. The van der Waals surface area contributed by atoms with Gasteiger partial charge in [0, 0.05) is 17.5 Å². The number of benzene rings is 2. The maximum atomic E-state index is 13.8. The first kappa shape index (κ1) is 24.2. The molecule has 1 aliphatic carbocycles. The van der Waals surface area contributed by atoms with Gasteiger partial charge in [-0.05, 0) is 85.9 Å². The zero-order valence-corrected chi connectivity index (χ0v) is 21.8. The molecule has 1 fully saturated rings. The van der Waals surface area contributed by atoms with Crippen molar-refractivity contribution in [3.63, 3.8) is 0 Å². The van der Waals surface area contributed by atoms with Crippen molar-refractivity contribution in [1.82, 2.24) is 9.21 Å². The molecular formula is C27H29FN2O3S2. The smallest absolute Gasteiger partial charge is 0.244 e. The van der Waals surface area contributed by atoms with Crippen LogP contribution in [0.4, 0.5) is 4.39 Å². The molecule has 0 saturated heterocycles. The molecule has 5 rings (SSSR count). The lowest BCUT2D eigenvalue weighted by Gasteiger charge is -2.37. The van der Waals surface area contributed by atoms with Crippen LogP contribution in [0.1, 0.15) is 51.6 Å². The molecule has 35 heavy (non-hydrogen) atoms. The minimum Gasteiger partial charge on any atom is -0.330 e. The van der Waals surface area contributed by atoms with Crippen molar-refractivity contribution in [3.05, 3.63) is 86.4 Å². The number of nitrogens with zero attached hydrogens (tertiary/aromatic N) is 2. The van der Waals surface area contributed by atoms with E-state index in [0.29, 0.717) is 22.6 Å². The minimum absolute atomic E-state index is 0.158. The monoisotopic (exact) mass is 512 g/mol. The highest BCUT2D eigenvalue weighted by Crippen LogP contribution is 2.39. The lowest BCUT2D eigenvalue weighted by molar-refractivity contribution is -0.133. The second-order valence-corrected chi connectivity index (χ2v) is 12.4. The van der Waals surface area contributed by atoms with Crippen LogP contribution in [-0.2, 0) is 21.2 Å². The van der Waals surface area contributed by atoms with Crippen LogP contribution in [0.2, 0.25) is 0 Å². The Bertz CT molecular complexity index is 1350. The van der Waals surface area contributed by atoms with Crippen LogP contribution in [0.5, 0.6) is 0 Å². The molecule has 0 spiro atoms. The van der Waals surface area contributed by atoms with Crippen molar-refractivity contribution in [2.24, 2.45) is 0 Å². The summed E-state index contributed by atoms with van der Waals surface area (Å²) < 4.78 is 42.7. The first-order valence-electron chi connectivity index (χ1n) is 11.9. The number of aryl methyl sites for hydroxylation is 3. The molecule has 0 N–H and O–H groups in total. The molecule has 2 heterocycles. The van der Waals surface area contributed by atoms with Gasteiger partial charge in [-0.25, -0.2) is 12.8 Å². The molecule has 3 aromatic rings. The summed E-state index contributed by atoms with van der Waals surface area (Å²) >= 11 is 1.66. The van der Waals surface area contributed by atoms with Crippen LogP contribution in [0, 0.1) is 26.6 Å². The van der Waals surface area contributed by atoms with E-state index in [4.69, 9.17) is 0 Å². The Labute approximate surface area is 210 Å². The topological polar surface area (TPSA) is 57.7 Å². The number of carbonyl (C=O) groups is 1. The van der Waals surface area contributed by atoms with Crippen LogP contribution in [-0.4, -0.2) is 42.7 Å². The third-order valence-electron chi connectivity index (χ3n) is 6.89. The lowest BCUT2D eigenvalue weighted by atomic mass is 9.93. The summed E-state index contributed by atoms with van der Waals surface area (Å²) in [6, 6.07) is 11.5. The summed E-state index contributed by atoms with van der Waals surface area (Å²) in [7, 11) is -3.85. The van der Waals surface area contributed by atoms with Crippen LogP contribution in [0.25, 0.3) is 0 Å². The van der Waals surface area contributed by atoms with Gasteiger partial charge < -0.3 is 4.90 Å². The number of sulfonamides is 1. The van der Waals surface area contributed by atoms with E-state index >= 15 is 0 Å². The zero-order valence-electron chi connectivity index (χ0n) is 20.1. The van der Waals surface area contributed by atoms with Crippen LogP contribution < -0.4 is 0 Å². The maximum absolute atomic E-state index is 13.8. The number of hydrogen-bond donors (Lipinski definition) is 0. The number of fused-ring (bicyclic) bond motifs is 1. The third kappa shape index (κ3) is 4.55. The Balaban J connectivity index is 1.49. The summed E-state index contributed by atoms with van der Waals surface area (Å²) in [5.74, 6) is -0.558. The van der Waals surface area contributed by atoms with E-state index in [9.17, 15) is 17.6 Å². The van der Waals surface area contributed by atoms with Crippen molar-refractivity contribution in [1.29, 1.82) is 0 Å². The van der Waals surface area contributed by atoms with Crippen molar-refractivity contribution in [2.45, 2.75) is 57.0 Å². The van der Waals surface area contributed by atoms with E-state index in [2.05, 4.69) is 0 Å². The van der Waals surface area contributed by atoms with Gasteiger partial charge in [-0.15, -0.1) is 11.3 Å². The van der Waals surface area contributed by atoms with E-state index in [1.807, 2.05) is 44.4 Å². The average molecular weight is 513 g/mol. The van der Waals surface area contributed by atoms with Gasteiger partial charge in [0.25, 0.3) is 0 Å². The second-order valence-electron chi connectivity index (χ2n) is 9.60. The van der Waals surface area contributed by atoms with Crippen LogP contribution >= 0.6 is 11.3 Å². The number of carbonyl (C=O) groups excluding carboxylic acids is 1. The molecule has 0 bridgehead atoms. The second kappa shape index (κ2) is 9.15. The number of rotatable bonds is 6. The number of amides is 1. The maximum Gasteiger partial charge on any atom is 0.244 e. The fraction of sp³-hybridized carbons (Fsp3) is 0.370. The molecule has 1 aliphatic heterocycles. The molecule has 2 aromatic carbocycles. The summed E-state index contributed by atoms with van der Waals surface area (Å²) in [6.45, 7) is 5.87. The summed E-state index contributed by atoms with van der Waals surface area (Å²) in [4.78, 5) is 17.1. The Hall–Kier alpha value is -2.55. The van der Waals surface area contributed by atoms with E-state index in [1.165, 1.54) is 21.3 Å². The molecule has 1 unspecified atom stereocenters. The van der Waals surface area contributed by atoms with Crippen molar-refractivity contribution < 1.29 is 17.6 Å². The third-order valence-corrected chi connectivity index (χ3v) is 10.1. The van der Waals surface area contributed by atoms with Gasteiger partial charge in [-0.3, -0.25) is 4.79 Å². The number of thiophene rings is 1. The molecule has 5 nitrogen and oxygen atoms in total. The van der Waals surface area contributed by atoms with E-state index in [-0.39, 0.29) is 30.4 Å². The van der Waals surface area contributed by atoms with E-state index in [0.717, 1.165) is 36.0 Å². The Morgan fingerprint density at radius 1 is 1.09 bits per heavy atom. The molecular weight excluding hydrogens is 483 g/mol. The van der Waals surface area contributed by atoms with Gasteiger partial charge in [-0.1, -0.05) is 29.8 Å². The first-order chi connectivity index (χ1) is 16.7. The largest absolute Gasteiger partial charge is 0.330 e. The fourth-order valence-corrected chi connectivity index (χ4v) is 8.23. The average Bonchev–Trinajstić information content (AvgIpc) is 3.51. The minimum atomic E-state index is -3.85. The van der Waals surface area contributed by atoms with Gasteiger partial charge >= 0.3 is 0 Å². The molecule has 1 atom stereocenters. The van der Waals surface area contributed by atoms with Crippen molar-refractivity contribution in [3.8, 4) is 0 Å². The molecule has 0 radical (unpaired) electrons. The van der Waals surface area contributed by atoms with Gasteiger partial charge in [0.15, 0.2) is 0 Å². The summed E-state index contributed by atoms with van der Waals surface area (Å²) in [5.41, 5.74) is 4.27. The zero-order chi connectivity index (χ0) is 24.9. The van der Waals surface area contributed by atoms with Gasteiger partial charge in [-0.2, -0.15) is 4.31 Å². The highest BCUT2D eigenvalue weighted by molar-refractivity contribution is 7.89. The number of halogens is 1. The van der Waals surface area contributed by atoms with Crippen molar-refractivity contribution >= 4 is 27.3 Å². The predicted octanol–water partition coefficient (Wildman–Crippen LogP) is 5.14. The van der Waals surface area contributed by atoms with Crippen LogP contribution in [0.3, 0.4) is 0 Å². The molecule has 1 amide bonds. The molecule has 2 aliphatic rings. The van der Waals surface area contributed by atoms with Gasteiger partial charge in [0.05, 0.1) is 17.5 Å². The predicted molar refractivity (Wildman–Crippen MR) is 136 cm³/mol. The molecule has 184 valence electrons. The normalized spacial score (nSPS) is 18.1. The lowest BCUT2D eigenvalue weighted by Crippen LogP contribution is -2.47. The van der Waals surface area contributed by atoms with E-state index in [1.54, 1.807) is 28.4 Å². The highest BCUT2D eigenvalue weighted by Gasteiger charge is 2.42. The Morgan fingerprint density at radius 2 is 1.74 bits per heavy atom. The van der Waals surface area contributed by atoms with E-state index < -0.39 is 10.0 Å². The standard InChI is InChI=1S/C27H29FN2O3S2/c1-17-14-18(2)27(19(3)15-17)35(32,33)30(22-8-9-22)16-25(31)29-12-10-24-23(11-13-34-24)26(29)20-4-6-21(28)7-5-20/h4-7,11,13-15,22,26H,8-10,12,16H2,1-3H3. The SMILES string of the molecule is Cc1cc(C)c(S(=O)(=O)N(CC(=O)N2CCc3sccc3C2c2ccc(F)cc2)C2CC2)c(C)c1. The molecule has 8 heteroatoms. The molecule has 1 saturated carbocycles. The van der Waals surface area contributed by atoms with Crippen LogP contribution in [0.15, 0.2) is 52.7 Å². The summed E-state index contributed by atoms with van der Waals surface area (Å²) in [5, 5.41) is 2.01. The summed E-state index contributed by atoms with van der Waals surface area (Å²) in [6.07, 6.45) is 2.24. The van der Waals surface area contributed by atoms with Gasteiger partial charge in [0.2, 0.25) is 15.9 Å². The Kier molecular flexibility index (Phi) is 6.32.